The highest BCUT2D eigenvalue weighted by Gasteiger charge is 2.27. The summed E-state index contributed by atoms with van der Waals surface area (Å²) in [5.41, 5.74) is 0. The number of halogens is 3. The second kappa shape index (κ2) is 7.86. The van der Waals surface area contributed by atoms with Crippen LogP contribution in [0.4, 0.5) is 13.2 Å². The zero-order valence-electron chi connectivity index (χ0n) is 10.1. The lowest BCUT2D eigenvalue weighted by atomic mass is 10.2. The molecule has 1 atom stereocenters. The van der Waals surface area contributed by atoms with E-state index in [-0.39, 0.29) is 12.6 Å². The van der Waals surface area contributed by atoms with E-state index in [1.54, 1.807) is 19.1 Å². The van der Waals surface area contributed by atoms with E-state index >= 15 is 0 Å². The fraction of sp³-hybridized carbons (Fsp3) is 1.00. The van der Waals surface area contributed by atoms with Crippen molar-refractivity contribution in [3.63, 3.8) is 0 Å². The van der Waals surface area contributed by atoms with Crippen LogP contribution in [0.5, 0.6) is 0 Å². The second-order valence-corrected chi connectivity index (χ2v) is 3.89. The van der Waals surface area contributed by atoms with Crippen molar-refractivity contribution in [1.29, 1.82) is 0 Å². The summed E-state index contributed by atoms with van der Waals surface area (Å²) in [7, 11) is 3.31. The number of likely N-dealkylation sites (N-methyl/N-ethyl adjacent to an activating group) is 1. The van der Waals surface area contributed by atoms with Gasteiger partial charge in [-0.15, -0.1) is 0 Å². The van der Waals surface area contributed by atoms with E-state index < -0.39 is 12.6 Å². The summed E-state index contributed by atoms with van der Waals surface area (Å²) >= 11 is 0. The van der Waals surface area contributed by atoms with E-state index in [1.165, 1.54) is 0 Å². The molecule has 0 fully saturated rings. The van der Waals surface area contributed by atoms with Gasteiger partial charge >= 0.3 is 6.18 Å². The monoisotopic (exact) mass is 242 g/mol. The van der Waals surface area contributed by atoms with Crippen molar-refractivity contribution in [2.75, 3.05) is 40.4 Å². The Hall–Kier alpha value is -0.330. The molecule has 0 aliphatic rings. The van der Waals surface area contributed by atoms with Crippen molar-refractivity contribution in [2.24, 2.45) is 0 Å². The van der Waals surface area contributed by atoms with Gasteiger partial charge < -0.3 is 15.0 Å². The molecule has 0 saturated carbocycles. The molecule has 0 saturated heterocycles. The number of methoxy groups -OCH3 is 1. The Kier molecular flexibility index (Phi) is 7.70. The fourth-order valence-electron chi connectivity index (χ4n) is 1.16. The van der Waals surface area contributed by atoms with Crippen LogP contribution < -0.4 is 5.32 Å². The molecule has 0 amide bonds. The van der Waals surface area contributed by atoms with Gasteiger partial charge in [0, 0.05) is 32.8 Å². The van der Waals surface area contributed by atoms with Gasteiger partial charge in [0.15, 0.2) is 0 Å². The zero-order valence-corrected chi connectivity index (χ0v) is 10.1. The molecule has 98 valence electrons. The Morgan fingerprint density at radius 2 is 2.00 bits per heavy atom. The van der Waals surface area contributed by atoms with Crippen LogP contribution in [0.3, 0.4) is 0 Å². The van der Waals surface area contributed by atoms with Crippen LogP contribution in [0.25, 0.3) is 0 Å². The predicted molar refractivity (Wildman–Crippen MR) is 57.5 cm³/mol. The molecule has 0 aromatic heterocycles. The fourth-order valence-corrected chi connectivity index (χ4v) is 1.16. The molecule has 0 spiro atoms. The van der Waals surface area contributed by atoms with Crippen molar-refractivity contribution in [1.82, 2.24) is 10.2 Å². The molecule has 1 N–H and O–H groups in total. The summed E-state index contributed by atoms with van der Waals surface area (Å²) in [6, 6.07) is 0.0826. The van der Waals surface area contributed by atoms with Crippen LogP contribution in [0, 0.1) is 0 Å². The van der Waals surface area contributed by atoms with Crippen molar-refractivity contribution >= 4 is 0 Å². The quantitative estimate of drug-likeness (QED) is 0.653. The summed E-state index contributed by atoms with van der Waals surface area (Å²) in [6.45, 7) is 3.93. The van der Waals surface area contributed by atoms with Gasteiger partial charge in [-0.3, -0.25) is 0 Å². The first-order valence-corrected chi connectivity index (χ1v) is 5.33. The first-order chi connectivity index (χ1) is 7.37. The van der Waals surface area contributed by atoms with Gasteiger partial charge in [-0.1, -0.05) is 0 Å². The van der Waals surface area contributed by atoms with Crippen LogP contribution in [0.2, 0.25) is 0 Å². The number of alkyl halides is 3. The van der Waals surface area contributed by atoms with Crippen LogP contribution in [-0.4, -0.2) is 57.5 Å². The van der Waals surface area contributed by atoms with E-state index in [1.807, 2.05) is 6.92 Å². The van der Waals surface area contributed by atoms with Gasteiger partial charge in [0.2, 0.25) is 0 Å². The molecule has 0 aliphatic carbocycles. The average Bonchev–Trinajstić information content (AvgIpc) is 2.19. The Morgan fingerprint density at radius 3 is 2.50 bits per heavy atom. The minimum Gasteiger partial charge on any atom is -0.383 e. The van der Waals surface area contributed by atoms with Crippen LogP contribution in [0.1, 0.15) is 13.3 Å². The molecule has 6 heteroatoms. The Morgan fingerprint density at radius 1 is 1.38 bits per heavy atom. The Balaban J connectivity index is 3.61. The van der Waals surface area contributed by atoms with Gasteiger partial charge in [0.1, 0.15) is 0 Å². The van der Waals surface area contributed by atoms with Crippen molar-refractivity contribution < 1.29 is 17.9 Å². The summed E-state index contributed by atoms with van der Waals surface area (Å²) in [5.74, 6) is 0. The molecule has 16 heavy (non-hydrogen) atoms. The number of hydrogen-bond acceptors (Lipinski definition) is 3. The summed E-state index contributed by atoms with van der Waals surface area (Å²) in [5, 5.41) is 3.12. The van der Waals surface area contributed by atoms with Crippen LogP contribution in [-0.2, 0) is 4.74 Å². The Bertz CT molecular complexity index is 176. The third-order valence-electron chi connectivity index (χ3n) is 2.42. The third kappa shape index (κ3) is 8.94. The van der Waals surface area contributed by atoms with E-state index in [2.05, 4.69) is 5.32 Å². The maximum atomic E-state index is 12.0. The lowest BCUT2D eigenvalue weighted by molar-refractivity contribution is -0.138. The largest absolute Gasteiger partial charge is 0.390 e. The van der Waals surface area contributed by atoms with Crippen molar-refractivity contribution in [2.45, 2.75) is 25.6 Å². The number of hydrogen-bond donors (Lipinski definition) is 1. The predicted octanol–water partition coefficient (Wildman–Crippen LogP) is 1.50. The highest BCUT2D eigenvalue weighted by Crippen LogP contribution is 2.19. The Labute approximate surface area is 94.9 Å². The van der Waals surface area contributed by atoms with Crippen LogP contribution in [0.15, 0.2) is 0 Å². The third-order valence-corrected chi connectivity index (χ3v) is 2.42. The van der Waals surface area contributed by atoms with Gasteiger partial charge in [-0.2, -0.15) is 13.2 Å². The zero-order chi connectivity index (χ0) is 12.6. The molecule has 0 aliphatic heterocycles. The minimum absolute atomic E-state index is 0.0383. The minimum atomic E-state index is -4.07. The van der Waals surface area contributed by atoms with Crippen molar-refractivity contribution in [3.05, 3.63) is 0 Å². The van der Waals surface area contributed by atoms with Gasteiger partial charge in [0.25, 0.3) is 0 Å². The number of nitrogens with one attached hydrogen (secondary N) is 1. The van der Waals surface area contributed by atoms with E-state index in [4.69, 9.17) is 4.74 Å². The molecular formula is C10H21F3N2O. The molecule has 0 radical (unpaired) electrons. The van der Waals surface area contributed by atoms with Gasteiger partial charge in [-0.25, -0.2) is 0 Å². The van der Waals surface area contributed by atoms with E-state index in [9.17, 15) is 13.2 Å². The molecule has 0 aromatic rings. The maximum absolute atomic E-state index is 12.0. The second-order valence-electron chi connectivity index (χ2n) is 3.89. The molecule has 0 rings (SSSR count). The molecule has 0 aromatic carbocycles. The highest BCUT2D eigenvalue weighted by molar-refractivity contribution is 4.67. The standard InChI is InChI=1S/C10H21F3N2O/c1-9(8-14-5-7-16-3)15(2)6-4-10(11,12)13/h9,14H,4-8H2,1-3H3. The highest BCUT2D eigenvalue weighted by atomic mass is 19.4. The van der Waals surface area contributed by atoms with Crippen LogP contribution >= 0.6 is 0 Å². The average molecular weight is 242 g/mol. The summed E-state index contributed by atoms with van der Waals surface area (Å²) < 4.78 is 40.8. The lowest BCUT2D eigenvalue weighted by Gasteiger charge is -2.25. The molecular weight excluding hydrogens is 221 g/mol. The normalized spacial score (nSPS) is 14.4. The molecule has 1 unspecified atom stereocenters. The number of nitrogens with zero attached hydrogens (tertiary/aromatic N) is 1. The number of ether oxygens (including phenoxy) is 1. The lowest BCUT2D eigenvalue weighted by Crippen LogP contribution is -2.40. The van der Waals surface area contributed by atoms with Gasteiger partial charge in [-0.05, 0) is 14.0 Å². The van der Waals surface area contributed by atoms with Gasteiger partial charge in [0.05, 0.1) is 13.0 Å². The SMILES string of the molecule is COCCNCC(C)N(C)CCC(F)(F)F. The topological polar surface area (TPSA) is 24.5 Å². The first kappa shape index (κ1) is 15.7. The van der Waals surface area contributed by atoms with E-state index in [0.29, 0.717) is 19.7 Å². The van der Waals surface area contributed by atoms with Crippen molar-refractivity contribution in [3.8, 4) is 0 Å². The molecule has 0 bridgehead atoms. The smallest absolute Gasteiger partial charge is 0.383 e. The maximum Gasteiger partial charge on any atom is 0.390 e. The summed E-state index contributed by atoms with van der Waals surface area (Å²) in [4.78, 5) is 1.70. The molecule has 3 nitrogen and oxygen atoms in total. The molecule has 0 heterocycles. The summed E-state index contributed by atoms with van der Waals surface area (Å²) in [6.07, 6.45) is -4.83. The number of rotatable bonds is 8. The first-order valence-electron chi connectivity index (χ1n) is 5.33. The van der Waals surface area contributed by atoms with E-state index in [0.717, 1.165) is 0 Å².